The minimum atomic E-state index is 0.0281. The van der Waals surface area contributed by atoms with Crippen molar-refractivity contribution >= 4 is 17.3 Å². The number of amides is 1. The van der Waals surface area contributed by atoms with Crippen molar-refractivity contribution in [2.75, 3.05) is 17.2 Å². The van der Waals surface area contributed by atoms with Crippen LogP contribution in [0.1, 0.15) is 35.9 Å². The molecule has 2 aromatic rings. The average Bonchev–Trinajstić information content (AvgIpc) is 3.01. The lowest BCUT2D eigenvalue weighted by atomic mass is 10.2. The summed E-state index contributed by atoms with van der Waals surface area (Å²) >= 11 is 0. The van der Waals surface area contributed by atoms with Gasteiger partial charge in [0, 0.05) is 24.5 Å². The lowest BCUT2D eigenvalue weighted by Crippen LogP contribution is -2.31. The molecule has 0 atom stereocenters. The number of fused-ring (bicyclic) bond motifs is 1. The van der Waals surface area contributed by atoms with E-state index >= 15 is 0 Å². The van der Waals surface area contributed by atoms with Crippen molar-refractivity contribution in [1.82, 2.24) is 4.57 Å². The number of carbonyl (C=O) groups excluding carboxylic acids is 1. The molecule has 3 rings (SSSR count). The summed E-state index contributed by atoms with van der Waals surface area (Å²) in [6, 6.07) is 10.1. The summed E-state index contributed by atoms with van der Waals surface area (Å²) < 4.78 is 1.94. The highest BCUT2D eigenvalue weighted by Gasteiger charge is 2.27. The van der Waals surface area contributed by atoms with Crippen LogP contribution in [-0.4, -0.2) is 17.0 Å². The number of anilines is 2. The summed E-state index contributed by atoms with van der Waals surface area (Å²) in [5, 5.41) is 0. The second-order valence-corrected chi connectivity index (χ2v) is 5.50. The Morgan fingerprint density at radius 1 is 1.30 bits per heavy atom. The van der Waals surface area contributed by atoms with E-state index in [2.05, 4.69) is 6.07 Å². The number of rotatable bonds is 2. The maximum Gasteiger partial charge on any atom is 0.274 e. The van der Waals surface area contributed by atoms with Gasteiger partial charge in [-0.1, -0.05) is 18.2 Å². The molecule has 20 heavy (non-hydrogen) atoms. The number of para-hydroxylation sites is 1. The number of aromatic nitrogens is 1. The Bertz CT molecular complexity index is 657. The summed E-state index contributed by atoms with van der Waals surface area (Å²) in [7, 11) is 0. The molecule has 0 bridgehead atoms. The molecule has 2 N–H and O–H groups in total. The van der Waals surface area contributed by atoms with Gasteiger partial charge < -0.3 is 15.2 Å². The largest absolute Gasteiger partial charge is 0.397 e. The monoisotopic (exact) mass is 269 g/mol. The summed E-state index contributed by atoms with van der Waals surface area (Å²) in [5.74, 6) is 0.0281. The van der Waals surface area contributed by atoms with Gasteiger partial charge in [0.1, 0.15) is 5.69 Å². The Labute approximate surface area is 118 Å². The van der Waals surface area contributed by atoms with Gasteiger partial charge in [0.25, 0.3) is 5.91 Å². The van der Waals surface area contributed by atoms with Crippen LogP contribution in [0.3, 0.4) is 0 Å². The van der Waals surface area contributed by atoms with Gasteiger partial charge in [0.2, 0.25) is 0 Å². The third-order valence-electron chi connectivity index (χ3n) is 3.78. The standard InChI is InChI=1S/C16H19N3O/c1-11(2)19-10-13(17)9-15(19)16(20)18-8-7-12-5-3-4-6-14(12)18/h3-6,9-11H,7-8,17H2,1-2H3. The zero-order valence-corrected chi connectivity index (χ0v) is 11.8. The topological polar surface area (TPSA) is 51.3 Å². The Kier molecular flexibility index (Phi) is 3.01. The molecule has 1 amide bonds. The van der Waals surface area contributed by atoms with Crippen molar-refractivity contribution in [2.45, 2.75) is 26.3 Å². The molecule has 0 radical (unpaired) electrons. The van der Waals surface area contributed by atoms with Crippen LogP contribution in [0, 0.1) is 0 Å². The van der Waals surface area contributed by atoms with E-state index in [1.165, 1.54) is 5.56 Å². The van der Waals surface area contributed by atoms with Gasteiger partial charge in [-0.25, -0.2) is 0 Å². The fourth-order valence-electron chi connectivity index (χ4n) is 2.79. The zero-order chi connectivity index (χ0) is 14.3. The minimum Gasteiger partial charge on any atom is -0.397 e. The summed E-state index contributed by atoms with van der Waals surface area (Å²) in [6.45, 7) is 4.84. The molecule has 0 saturated carbocycles. The molecule has 0 spiro atoms. The zero-order valence-electron chi connectivity index (χ0n) is 11.8. The van der Waals surface area contributed by atoms with Crippen LogP contribution in [0.4, 0.5) is 11.4 Å². The predicted molar refractivity (Wildman–Crippen MR) is 81.1 cm³/mol. The molecule has 0 unspecified atom stereocenters. The van der Waals surface area contributed by atoms with E-state index in [-0.39, 0.29) is 11.9 Å². The van der Waals surface area contributed by atoms with Gasteiger partial charge in [-0.3, -0.25) is 4.79 Å². The van der Waals surface area contributed by atoms with Gasteiger partial charge in [-0.15, -0.1) is 0 Å². The van der Waals surface area contributed by atoms with Crippen LogP contribution >= 0.6 is 0 Å². The molecule has 4 heteroatoms. The summed E-state index contributed by atoms with van der Waals surface area (Å²) in [6.07, 6.45) is 2.75. The number of nitrogen functional groups attached to an aromatic ring is 1. The quantitative estimate of drug-likeness (QED) is 0.911. The van der Waals surface area contributed by atoms with Gasteiger partial charge >= 0.3 is 0 Å². The SMILES string of the molecule is CC(C)n1cc(N)cc1C(=O)N1CCc2ccccc21. The van der Waals surface area contributed by atoms with Gasteiger partial charge in [-0.2, -0.15) is 0 Å². The third-order valence-corrected chi connectivity index (χ3v) is 3.78. The van der Waals surface area contributed by atoms with Crippen LogP contribution in [0.15, 0.2) is 36.5 Å². The Morgan fingerprint density at radius 3 is 2.80 bits per heavy atom. The molecular formula is C16H19N3O. The number of nitrogens with two attached hydrogens (primary N) is 1. The first-order valence-electron chi connectivity index (χ1n) is 6.95. The Hall–Kier alpha value is -2.23. The van der Waals surface area contributed by atoms with Crippen molar-refractivity contribution in [2.24, 2.45) is 0 Å². The molecule has 1 aliphatic rings. The van der Waals surface area contributed by atoms with E-state index in [0.717, 1.165) is 18.7 Å². The number of nitrogens with zero attached hydrogens (tertiary/aromatic N) is 2. The van der Waals surface area contributed by atoms with Gasteiger partial charge in [0.05, 0.1) is 5.69 Å². The molecule has 1 aromatic carbocycles. The highest BCUT2D eigenvalue weighted by Crippen LogP contribution is 2.30. The highest BCUT2D eigenvalue weighted by atomic mass is 16.2. The van der Waals surface area contributed by atoms with Gasteiger partial charge in [0.15, 0.2) is 0 Å². The predicted octanol–water partition coefficient (Wildman–Crippen LogP) is 2.85. The first-order chi connectivity index (χ1) is 9.58. The van der Waals surface area contributed by atoms with Gasteiger partial charge in [-0.05, 0) is 38.0 Å². The molecule has 0 aliphatic carbocycles. The second kappa shape index (κ2) is 4.71. The molecule has 1 aromatic heterocycles. The molecular weight excluding hydrogens is 250 g/mol. The summed E-state index contributed by atoms with van der Waals surface area (Å²) in [4.78, 5) is 14.6. The second-order valence-electron chi connectivity index (χ2n) is 5.50. The highest BCUT2D eigenvalue weighted by molar-refractivity contribution is 6.06. The van der Waals surface area contributed by atoms with E-state index < -0.39 is 0 Å². The number of hydrogen-bond acceptors (Lipinski definition) is 2. The third kappa shape index (κ3) is 1.97. The smallest absolute Gasteiger partial charge is 0.274 e. The van der Waals surface area contributed by atoms with Crippen molar-refractivity contribution in [3.05, 3.63) is 47.8 Å². The Balaban J connectivity index is 1.99. The summed E-state index contributed by atoms with van der Waals surface area (Å²) in [5.41, 5.74) is 9.41. The maximum absolute atomic E-state index is 12.8. The lowest BCUT2D eigenvalue weighted by molar-refractivity contribution is 0.0979. The van der Waals surface area contributed by atoms with Crippen molar-refractivity contribution in [3.8, 4) is 0 Å². The number of benzene rings is 1. The molecule has 0 saturated heterocycles. The fraction of sp³-hybridized carbons (Fsp3) is 0.312. The van der Waals surface area contributed by atoms with E-state index in [4.69, 9.17) is 5.73 Å². The van der Waals surface area contributed by atoms with Crippen molar-refractivity contribution in [3.63, 3.8) is 0 Å². The van der Waals surface area contributed by atoms with E-state index in [9.17, 15) is 4.79 Å². The van der Waals surface area contributed by atoms with E-state index in [1.807, 2.05) is 47.7 Å². The average molecular weight is 269 g/mol. The van der Waals surface area contributed by atoms with Crippen LogP contribution in [0.5, 0.6) is 0 Å². The van der Waals surface area contributed by atoms with E-state index in [1.54, 1.807) is 6.07 Å². The molecule has 0 fully saturated rings. The van der Waals surface area contributed by atoms with E-state index in [0.29, 0.717) is 11.4 Å². The number of hydrogen-bond donors (Lipinski definition) is 1. The molecule has 2 heterocycles. The maximum atomic E-state index is 12.8. The normalized spacial score (nSPS) is 13.8. The van der Waals surface area contributed by atoms with Crippen molar-refractivity contribution in [1.29, 1.82) is 0 Å². The fourth-order valence-corrected chi connectivity index (χ4v) is 2.79. The van der Waals surface area contributed by atoms with Crippen LogP contribution < -0.4 is 10.6 Å². The van der Waals surface area contributed by atoms with Crippen LogP contribution in [-0.2, 0) is 6.42 Å². The molecule has 1 aliphatic heterocycles. The molecule has 104 valence electrons. The first-order valence-corrected chi connectivity index (χ1v) is 6.95. The minimum absolute atomic E-state index is 0.0281. The molecule has 4 nitrogen and oxygen atoms in total. The first kappa shape index (κ1) is 12.8. The van der Waals surface area contributed by atoms with Crippen LogP contribution in [0.25, 0.3) is 0 Å². The number of carbonyl (C=O) groups is 1. The lowest BCUT2D eigenvalue weighted by Gasteiger charge is -2.19. The Morgan fingerprint density at radius 2 is 2.05 bits per heavy atom. The van der Waals surface area contributed by atoms with Crippen molar-refractivity contribution < 1.29 is 4.79 Å². The van der Waals surface area contributed by atoms with Crippen LogP contribution in [0.2, 0.25) is 0 Å².